The number of nitrogens with zero attached hydrogens (tertiary/aromatic N) is 2. The lowest BCUT2D eigenvalue weighted by molar-refractivity contribution is -0.153. The predicted molar refractivity (Wildman–Crippen MR) is 129 cm³/mol. The van der Waals surface area contributed by atoms with Crippen LogP contribution >= 0.6 is 11.6 Å². The Bertz CT molecular complexity index is 1040. The number of hydrogen-bond donors (Lipinski definition) is 4. The second kappa shape index (κ2) is 11.0. The van der Waals surface area contributed by atoms with E-state index in [1.54, 1.807) is 24.4 Å². The summed E-state index contributed by atoms with van der Waals surface area (Å²) in [5.74, 6) is -1.40. The van der Waals surface area contributed by atoms with Gasteiger partial charge in [-0.3, -0.25) is 19.4 Å². The molecule has 35 heavy (non-hydrogen) atoms. The molecule has 0 radical (unpaired) electrons. The van der Waals surface area contributed by atoms with Gasteiger partial charge in [-0.05, 0) is 56.0 Å². The quantitative estimate of drug-likeness (QED) is 0.455. The van der Waals surface area contributed by atoms with Gasteiger partial charge >= 0.3 is 0 Å². The zero-order valence-corrected chi connectivity index (χ0v) is 20.5. The molecular weight excluding hydrogens is 472 g/mol. The van der Waals surface area contributed by atoms with Crippen LogP contribution in [-0.4, -0.2) is 62.8 Å². The number of hydroxylamine groups is 1. The summed E-state index contributed by atoms with van der Waals surface area (Å²) in [7, 11) is 0. The second-order valence-electron chi connectivity index (χ2n) is 9.20. The fraction of sp³-hybridized carbons (Fsp3) is 0.480. The largest absolute Gasteiger partial charge is 0.380 e. The number of halogens is 1. The normalized spacial score (nSPS) is 25.9. The van der Waals surface area contributed by atoms with Gasteiger partial charge in [0.15, 0.2) is 12.2 Å². The van der Waals surface area contributed by atoms with E-state index in [1.165, 1.54) is 4.90 Å². The average molecular weight is 503 g/mol. The van der Waals surface area contributed by atoms with Gasteiger partial charge < -0.3 is 20.4 Å². The number of pyridine rings is 1. The van der Waals surface area contributed by atoms with E-state index in [4.69, 9.17) is 16.4 Å². The Kier molecular flexibility index (Phi) is 8.03. The molecule has 0 aliphatic carbocycles. The number of rotatable bonds is 7. The van der Waals surface area contributed by atoms with Crippen molar-refractivity contribution in [2.75, 3.05) is 6.54 Å². The third-order valence-electron chi connectivity index (χ3n) is 6.73. The minimum atomic E-state index is -1.89. The molecule has 9 nitrogen and oxygen atoms in total. The number of benzene rings is 1. The lowest BCUT2D eigenvalue weighted by atomic mass is 9.93. The van der Waals surface area contributed by atoms with Crippen LogP contribution in [0.1, 0.15) is 55.5 Å². The Morgan fingerprint density at radius 2 is 2.06 bits per heavy atom. The summed E-state index contributed by atoms with van der Waals surface area (Å²) < 4.78 is 0. The predicted octanol–water partition coefficient (Wildman–Crippen LogP) is 1.83. The molecule has 0 bridgehead atoms. The number of aromatic nitrogens is 1. The summed E-state index contributed by atoms with van der Waals surface area (Å²) in [4.78, 5) is 36.8. The molecule has 4 rings (SSSR count). The van der Waals surface area contributed by atoms with Crippen LogP contribution in [0.2, 0.25) is 5.02 Å². The monoisotopic (exact) mass is 502 g/mol. The molecule has 1 aromatic heterocycles. The minimum absolute atomic E-state index is 0.00805. The van der Waals surface area contributed by atoms with Gasteiger partial charge in [0.1, 0.15) is 0 Å². The number of hydrogen-bond acceptors (Lipinski definition) is 7. The summed E-state index contributed by atoms with van der Waals surface area (Å²) in [5.41, 5.74) is 5.41. The fourth-order valence-electron chi connectivity index (χ4n) is 4.84. The molecule has 6 atom stereocenters. The van der Waals surface area contributed by atoms with E-state index in [9.17, 15) is 19.8 Å². The van der Waals surface area contributed by atoms with E-state index in [0.717, 1.165) is 23.2 Å². The Morgan fingerprint density at radius 3 is 2.71 bits per heavy atom. The summed E-state index contributed by atoms with van der Waals surface area (Å²) in [6, 6.07) is 10.8. The molecule has 2 aliphatic rings. The van der Waals surface area contributed by atoms with Crippen LogP contribution in [0.3, 0.4) is 0 Å². The number of amides is 2. The lowest BCUT2D eigenvalue weighted by Gasteiger charge is -2.28. The topological polar surface area (TPSA) is 124 Å². The highest BCUT2D eigenvalue weighted by molar-refractivity contribution is 6.30. The molecule has 10 heteroatoms. The third kappa shape index (κ3) is 5.65. The maximum Gasteiger partial charge on any atom is 0.255 e. The highest BCUT2D eigenvalue weighted by atomic mass is 35.5. The summed E-state index contributed by atoms with van der Waals surface area (Å²) >= 11 is 6.09. The smallest absolute Gasteiger partial charge is 0.255 e. The van der Waals surface area contributed by atoms with E-state index in [2.05, 4.69) is 15.8 Å². The Balaban J connectivity index is 1.33. The zero-order valence-electron chi connectivity index (χ0n) is 19.7. The van der Waals surface area contributed by atoms with Crippen LogP contribution in [0, 0.1) is 0 Å². The highest BCUT2D eigenvalue weighted by Crippen LogP contribution is 2.33. The Hall–Kier alpha value is -2.56. The van der Waals surface area contributed by atoms with Crippen molar-refractivity contribution < 1.29 is 24.6 Å². The molecule has 1 aromatic carbocycles. The molecule has 3 heterocycles. The molecular formula is C25H31ClN4O5. The number of carbonyl (C=O) groups excluding carboxylic acids is 2. The summed E-state index contributed by atoms with van der Waals surface area (Å²) in [6.07, 6.45) is -0.647. The van der Waals surface area contributed by atoms with Crippen molar-refractivity contribution in [2.24, 2.45) is 0 Å². The van der Waals surface area contributed by atoms with Gasteiger partial charge in [0.2, 0.25) is 0 Å². The first-order chi connectivity index (χ1) is 16.8. The van der Waals surface area contributed by atoms with Crippen LogP contribution in [0.4, 0.5) is 0 Å². The van der Waals surface area contributed by atoms with Gasteiger partial charge in [-0.2, -0.15) is 5.48 Å². The number of likely N-dealkylation sites (tertiary alicyclic amines) is 1. The van der Waals surface area contributed by atoms with Crippen molar-refractivity contribution in [3.63, 3.8) is 0 Å². The Morgan fingerprint density at radius 1 is 1.26 bits per heavy atom. The van der Waals surface area contributed by atoms with Gasteiger partial charge in [0.05, 0.1) is 12.1 Å². The van der Waals surface area contributed by atoms with Crippen LogP contribution in [0.15, 0.2) is 42.6 Å². The van der Waals surface area contributed by atoms with Crippen LogP contribution < -0.4 is 10.8 Å². The van der Waals surface area contributed by atoms with E-state index in [1.807, 2.05) is 32.0 Å². The summed E-state index contributed by atoms with van der Waals surface area (Å²) in [6.45, 7) is 4.53. The summed E-state index contributed by atoms with van der Waals surface area (Å²) in [5, 5.41) is 24.0. The molecule has 0 saturated carbocycles. The SMILES string of the molecule is CC1NOC(C)C1c1ccc(CNC(=O)[C@H](O)[C@@H](O)C(=O)N2CCCC2c2cccc(Cl)c2)cn1. The van der Waals surface area contributed by atoms with Crippen LogP contribution in [0.5, 0.6) is 0 Å². The average Bonchev–Trinajstić information content (AvgIpc) is 3.48. The third-order valence-corrected chi connectivity index (χ3v) is 6.97. The van der Waals surface area contributed by atoms with Gasteiger partial charge in [0, 0.05) is 42.0 Å². The lowest BCUT2D eigenvalue weighted by Crippen LogP contribution is -2.50. The van der Waals surface area contributed by atoms with Crippen molar-refractivity contribution in [3.05, 3.63) is 64.4 Å². The fourth-order valence-corrected chi connectivity index (χ4v) is 5.03. The number of aliphatic hydroxyl groups is 2. The highest BCUT2D eigenvalue weighted by Gasteiger charge is 2.38. The van der Waals surface area contributed by atoms with Crippen LogP contribution in [0.25, 0.3) is 0 Å². The van der Waals surface area contributed by atoms with E-state index in [-0.39, 0.29) is 30.7 Å². The first-order valence-corrected chi connectivity index (χ1v) is 12.2. The van der Waals surface area contributed by atoms with Crippen LogP contribution in [-0.2, 0) is 21.0 Å². The molecule has 0 spiro atoms. The van der Waals surface area contributed by atoms with Crippen molar-refractivity contribution in [1.82, 2.24) is 20.7 Å². The number of nitrogens with one attached hydrogen (secondary N) is 2. The standard InChI is InChI=1S/C25H31ClN4O5/c1-14-21(15(2)35-29-14)19-9-8-16(12-27-19)13-28-24(33)22(31)23(32)25(34)30-10-4-7-20(30)17-5-3-6-18(26)11-17/h3,5-6,8-9,11-12,14-15,20-23,29,31-32H,4,7,10,13H2,1-2H3,(H,28,33)/t14?,15?,20?,21?,22-,23-/m1/s1. The zero-order chi connectivity index (χ0) is 25.1. The Labute approximate surface area is 209 Å². The van der Waals surface area contributed by atoms with E-state index in [0.29, 0.717) is 18.0 Å². The minimum Gasteiger partial charge on any atom is -0.380 e. The molecule has 2 saturated heterocycles. The van der Waals surface area contributed by atoms with Gasteiger partial charge in [-0.1, -0.05) is 29.8 Å². The molecule has 188 valence electrons. The van der Waals surface area contributed by atoms with E-state index >= 15 is 0 Å². The molecule has 2 aliphatic heterocycles. The molecule has 2 fully saturated rings. The van der Waals surface area contributed by atoms with Gasteiger partial charge in [-0.15, -0.1) is 0 Å². The van der Waals surface area contributed by atoms with Crippen molar-refractivity contribution in [1.29, 1.82) is 0 Å². The maximum atomic E-state index is 12.9. The molecule has 4 N–H and O–H groups in total. The van der Waals surface area contributed by atoms with Crippen molar-refractivity contribution in [2.45, 2.75) is 69.5 Å². The number of aliphatic hydroxyl groups excluding tert-OH is 2. The van der Waals surface area contributed by atoms with Crippen molar-refractivity contribution in [3.8, 4) is 0 Å². The molecule has 2 aromatic rings. The maximum absolute atomic E-state index is 12.9. The molecule has 4 unspecified atom stereocenters. The molecule has 2 amide bonds. The first kappa shape index (κ1) is 25.5. The number of carbonyl (C=O) groups is 2. The van der Waals surface area contributed by atoms with Crippen molar-refractivity contribution >= 4 is 23.4 Å². The van der Waals surface area contributed by atoms with Gasteiger partial charge in [0.25, 0.3) is 11.8 Å². The van der Waals surface area contributed by atoms with E-state index < -0.39 is 24.0 Å². The first-order valence-electron chi connectivity index (χ1n) is 11.8. The second-order valence-corrected chi connectivity index (χ2v) is 9.64. The van der Waals surface area contributed by atoms with Gasteiger partial charge in [-0.25, -0.2) is 0 Å².